The van der Waals surface area contributed by atoms with Gasteiger partial charge < -0.3 is 5.32 Å². The number of piperazine rings is 1. The predicted octanol–water partition coefficient (Wildman–Crippen LogP) is 1.20. The molecule has 0 spiro atoms. The van der Waals surface area contributed by atoms with E-state index in [-0.39, 0.29) is 17.8 Å². The minimum atomic E-state index is -3.23. The first-order chi connectivity index (χ1) is 8.49. The van der Waals surface area contributed by atoms with Crippen molar-refractivity contribution in [1.82, 2.24) is 9.62 Å². The van der Waals surface area contributed by atoms with Gasteiger partial charge in [0.25, 0.3) is 0 Å². The Labute approximate surface area is 109 Å². The first-order valence-corrected chi connectivity index (χ1v) is 7.87. The molecule has 0 aliphatic carbocycles. The number of hydrogen-bond donors (Lipinski definition) is 1. The van der Waals surface area contributed by atoms with Crippen LogP contribution >= 0.6 is 0 Å². The summed E-state index contributed by atoms with van der Waals surface area (Å²) in [6, 6.07) is 9.58. The van der Waals surface area contributed by atoms with Crippen molar-refractivity contribution < 1.29 is 8.42 Å². The normalized spacial score (nSPS) is 26.1. The Kier molecular flexibility index (Phi) is 4.04. The monoisotopic (exact) mass is 268 g/mol. The van der Waals surface area contributed by atoms with Gasteiger partial charge in [0.2, 0.25) is 10.0 Å². The summed E-state index contributed by atoms with van der Waals surface area (Å²) in [5, 5.41) is 3.29. The maximum atomic E-state index is 12.4. The van der Waals surface area contributed by atoms with E-state index in [0.29, 0.717) is 6.54 Å². The van der Waals surface area contributed by atoms with Crippen LogP contribution in [0.4, 0.5) is 0 Å². The summed E-state index contributed by atoms with van der Waals surface area (Å²) in [5.41, 5.74) is 0.843. The van der Waals surface area contributed by atoms with Crippen LogP contribution in [-0.2, 0) is 15.8 Å². The Hall–Kier alpha value is -0.910. The van der Waals surface area contributed by atoms with Gasteiger partial charge >= 0.3 is 0 Å². The summed E-state index contributed by atoms with van der Waals surface area (Å²) in [6.07, 6.45) is 0. The van der Waals surface area contributed by atoms with Crippen LogP contribution in [0.25, 0.3) is 0 Å². The van der Waals surface area contributed by atoms with Crippen LogP contribution in [-0.4, -0.2) is 37.9 Å². The Bertz CT molecular complexity index is 487. The molecule has 1 heterocycles. The molecule has 100 valence electrons. The highest BCUT2D eigenvalue weighted by atomic mass is 32.2. The molecule has 0 bridgehead atoms. The molecule has 1 fully saturated rings. The summed E-state index contributed by atoms with van der Waals surface area (Å²) < 4.78 is 26.4. The second-order valence-electron chi connectivity index (χ2n) is 4.97. The van der Waals surface area contributed by atoms with Crippen molar-refractivity contribution in [3.8, 4) is 0 Å². The smallest absolute Gasteiger partial charge is 0.218 e. The lowest BCUT2D eigenvalue weighted by atomic mass is 10.2. The number of nitrogens with one attached hydrogen (secondary N) is 1. The molecule has 2 atom stereocenters. The topological polar surface area (TPSA) is 49.4 Å². The molecule has 0 amide bonds. The average Bonchev–Trinajstić information content (AvgIpc) is 2.33. The fraction of sp³-hybridized carbons (Fsp3) is 0.538. The Balaban J connectivity index is 2.15. The Morgan fingerprint density at radius 1 is 1.28 bits per heavy atom. The standard InChI is InChI=1S/C13H20N2O2S/c1-11-9-15(12(2)8-14-11)18(16,17)10-13-6-4-3-5-7-13/h3-7,11-12,14H,8-10H2,1-2H3. The average molecular weight is 268 g/mol. The van der Waals surface area contributed by atoms with Crippen LogP contribution in [0.3, 0.4) is 0 Å². The third-order valence-corrected chi connectivity index (χ3v) is 5.18. The lowest BCUT2D eigenvalue weighted by Gasteiger charge is -2.36. The van der Waals surface area contributed by atoms with Crippen molar-refractivity contribution in [1.29, 1.82) is 0 Å². The molecule has 2 rings (SSSR count). The fourth-order valence-corrected chi connectivity index (χ4v) is 4.10. The molecule has 1 N–H and O–H groups in total. The van der Waals surface area contributed by atoms with E-state index in [1.165, 1.54) is 0 Å². The largest absolute Gasteiger partial charge is 0.311 e. The first-order valence-electron chi connectivity index (χ1n) is 6.26. The molecule has 1 aromatic rings. The van der Waals surface area contributed by atoms with Crippen LogP contribution in [0.2, 0.25) is 0 Å². The minimum Gasteiger partial charge on any atom is -0.311 e. The molecular formula is C13H20N2O2S. The molecule has 0 saturated carbocycles. The molecule has 0 aromatic heterocycles. The second-order valence-corrected chi connectivity index (χ2v) is 6.89. The number of benzene rings is 1. The van der Waals surface area contributed by atoms with Crippen molar-refractivity contribution in [2.24, 2.45) is 0 Å². The van der Waals surface area contributed by atoms with E-state index >= 15 is 0 Å². The lowest BCUT2D eigenvalue weighted by Crippen LogP contribution is -2.56. The van der Waals surface area contributed by atoms with E-state index in [2.05, 4.69) is 5.32 Å². The Morgan fingerprint density at radius 3 is 2.61 bits per heavy atom. The van der Waals surface area contributed by atoms with Gasteiger partial charge in [0.05, 0.1) is 5.75 Å². The molecule has 4 nitrogen and oxygen atoms in total. The first kappa shape index (κ1) is 13.5. The van der Waals surface area contributed by atoms with Gasteiger partial charge in [-0.2, -0.15) is 4.31 Å². The third kappa shape index (κ3) is 3.10. The molecule has 0 radical (unpaired) electrons. The van der Waals surface area contributed by atoms with E-state index in [4.69, 9.17) is 0 Å². The summed E-state index contributed by atoms with van der Waals surface area (Å²) in [5.74, 6) is 0.0882. The maximum absolute atomic E-state index is 12.4. The number of rotatable bonds is 3. The van der Waals surface area contributed by atoms with Crippen LogP contribution < -0.4 is 5.32 Å². The molecule has 5 heteroatoms. The van der Waals surface area contributed by atoms with Gasteiger partial charge in [-0.3, -0.25) is 0 Å². The van der Waals surface area contributed by atoms with E-state index in [0.717, 1.165) is 12.1 Å². The van der Waals surface area contributed by atoms with Crippen molar-refractivity contribution >= 4 is 10.0 Å². The zero-order chi connectivity index (χ0) is 13.2. The minimum absolute atomic E-state index is 0.0231. The Morgan fingerprint density at radius 2 is 1.94 bits per heavy atom. The van der Waals surface area contributed by atoms with Crippen LogP contribution in [0.1, 0.15) is 19.4 Å². The summed E-state index contributed by atoms with van der Waals surface area (Å²) in [4.78, 5) is 0. The van der Waals surface area contributed by atoms with Gasteiger partial charge in [-0.05, 0) is 19.4 Å². The van der Waals surface area contributed by atoms with Crippen LogP contribution in [0.15, 0.2) is 30.3 Å². The number of nitrogens with zero attached hydrogens (tertiary/aromatic N) is 1. The third-order valence-electron chi connectivity index (χ3n) is 3.26. The van der Waals surface area contributed by atoms with Crippen molar-refractivity contribution in [3.63, 3.8) is 0 Å². The quantitative estimate of drug-likeness (QED) is 0.896. The van der Waals surface area contributed by atoms with E-state index < -0.39 is 10.0 Å². The molecule has 1 aromatic carbocycles. The number of sulfonamides is 1. The van der Waals surface area contributed by atoms with Gasteiger partial charge in [0, 0.05) is 25.2 Å². The number of hydrogen-bond acceptors (Lipinski definition) is 3. The van der Waals surface area contributed by atoms with Crippen molar-refractivity contribution in [2.45, 2.75) is 31.7 Å². The highest BCUT2D eigenvalue weighted by Crippen LogP contribution is 2.16. The molecule has 1 saturated heterocycles. The SMILES string of the molecule is CC1CN(S(=O)(=O)Cc2ccccc2)C(C)CN1. The summed E-state index contributed by atoms with van der Waals surface area (Å²) >= 11 is 0. The molecule has 1 aliphatic heterocycles. The van der Waals surface area contributed by atoms with Gasteiger partial charge in [0.15, 0.2) is 0 Å². The molecule has 18 heavy (non-hydrogen) atoms. The van der Waals surface area contributed by atoms with Gasteiger partial charge in [0.1, 0.15) is 0 Å². The second kappa shape index (κ2) is 5.38. The summed E-state index contributed by atoms with van der Waals surface area (Å²) in [7, 11) is -3.23. The lowest BCUT2D eigenvalue weighted by molar-refractivity contribution is 0.244. The van der Waals surface area contributed by atoms with Gasteiger partial charge in [-0.25, -0.2) is 8.42 Å². The summed E-state index contributed by atoms with van der Waals surface area (Å²) in [6.45, 7) is 5.23. The highest BCUT2D eigenvalue weighted by Gasteiger charge is 2.31. The zero-order valence-electron chi connectivity index (χ0n) is 10.8. The van der Waals surface area contributed by atoms with E-state index in [1.807, 2.05) is 44.2 Å². The molecular weight excluding hydrogens is 248 g/mol. The van der Waals surface area contributed by atoms with Crippen LogP contribution in [0, 0.1) is 0 Å². The molecule has 1 aliphatic rings. The van der Waals surface area contributed by atoms with Gasteiger partial charge in [-0.15, -0.1) is 0 Å². The van der Waals surface area contributed by atoms with Crippen molar-refractivity contribution in [3.05, 3.63) is 35.9 Å². The van der Waals surface area contributed by atoms with E-state index in [9.17, 15) is 8.42 Å². The highest BCUT2D eigenvalue weighted by molar-refractivity contribution is 7.88. The fourth-order valence-electron chi connectivity index (χ4n) is 2.24. The van der Waals surface area contributed by atoms with Crippen LogP contribution in [0.5, 0.6) is 0 Å². The van der Waals surface area contributed by atoms with Gasteiger partial charge in [-0.1, -0.05) is 30.3 Å². The molecule has 2 unspecified atom stereocenters. The van der Waals surface area contributed by atoms with Crippen molar-refractivity contribution in [2.75, 3.05) is 13.1 Å². The maximum Gasteiger partial charge on any atom is 0.218 e. The predicted molar refractivity (Wildman–Crippen MR) is 72.7 cm³/mol. The van der Waals surface area contributed by atoms with E-state index in [1.54, 1.807) is 4.31 Å². The zero-order valence-corrected chi connectivity index (χ0v) is 11.7.